The van der Waals surface area contributed by atoms with Gasteiger partial charge in [0, 0.05) is 5.25 Å². The third kappa shape index (κ3) is 3.57. The first-order chi connectivity index (χ1) is 3.98. The van der Waals surface area contributed by atoms with E-state index < -0.39 is 7.95 Å². The van der Waals surface area contributed by atoms with E-state index in [0.29, 0.717) is 0 Å². The summed E-state index contributed by atoms with van der Waals surface area (Å²) in [5.74, 6) is 0. The summed E-state index contributed by atoms with van der Waals surface area (Å²) in [5, 5.41) is 2.18. The van der Waals surface area contributed by atoms with Crippen molar-refractivity contribution < 1.29 is 9.40 Å². The maximum absolute atomic E-state index is 11.0. The molecule has 0 spiro atoms. The van der Waals surface area contributed by atoms with Crippen LogP contribution in [0.25, 0.3) is 0 Å². The van der Waals surface area contributed by atoms with Gasteiger partial charge in [0.15, 0.2) is 5.16 Å². The van der Waals surface area contributed by atoms with Gasteiger partial charge in [-0.15, -0.1) is 0 Å². The van der Waals surface area contributed by atoms with Crippen LogP contribution in [0.2, 0.25) is 0 Å². The summed E-state index contributed by atoms with van der Waals surface area (Å²) in [7, 11) is 0.0134. The molecule has 0 radical (unpaired) electrons. The van der Waals surface area contributed by atoms with E-state index in [4.69, 9.17) is 0 Å². The Morgan fingerprint density at radius 2 is 1.89 bits per heavy atom. The Kier molecular flexibility index (Phi) is 3.26. The lowest BCUT2D eigenvalue weighted by Gasteiger charge is -2.02. The van der Waals surface area contributed by atoms with Crippen molar-refractivity contribution in [2.75, 3.05) is 7.11 Å². The predicted molar refractivity (Wildman–Crippen MR) is 37.5 cm³/mol. The molecule has 0 aromatic carbocycles. The fourth-order valence-corrected chi connectivity index (χ4v) is 0.660. The number of rotatable bonds is 2. The van der Waals surface area contributed by atoms with E-state index in [2.05, 4.69) is 10.1 Å². The molecule has 0 saturated heterocycles. The van der Waals surface area contributed by atoms with Gasteiger partial charge in [0.05, 0.1) is 7.11 Å². The van der Waals surface area contributed by atoms with Gasteiger partial charge < -0.3 is 0 Å². The largest absolute Gasteiger partial charge is 0.462 e. The summed E-state index contributed by atoms with van der Waals surface area (Å²) < 4.78 is 11.0. The number of hydrogen-bond donors (Lipinski definition) is 1. The van der Waals surface area contributed by atoms with Crippen LogP contribution in [-0.4, -0.2) is 12.3 Å². The number of nitrogens with one attached hydrogen (secondary N) is 1. The highest BCUT2D eigenvalue weighted by atomic mass is 31.1. The van der Waals surface area contributed by atoms with Gasteiger partial charge in [0.2, 0.25) is 0 Å². The first-order valence-electron chi connectivity index (χ1n) is 2.74. The van der Waals surface area contributed by atoms with E-state index in [1.165, 1.54) is 7.11 Å². The molecule has 0 aromatic heterocycles. The van der Waals surface area contributed by atoms with Crippen molar-refractivity contribution in [3.8, 4) is 0 Å². The lowest BCUT2D eigenvalue weighted by atomic mass is 10.3. The Labute approximate surface area is 56.6 Å². The van der Waals surface area contributed by atoms with Gasteiger partial charge in [-0.05, 0) is 25.3 Å². The maximum atomic E-state index is 11.0. The summed E-state index contributed by atoms with van der Waals surface area (Å²) in [6.07, 6.45) is 0. The van der Waals surface area contributed by atoms with E-state index >= 15 is 0 Å². The van der Waals surface area contributed by atoms with Crippen LogP contribution in [0, 0.1) is 0 Å². The molecule has 0 aliphatic rings. The van der Waals surface area contributed by atoms with Crippen LogP contribution >= 0.6 is 7.95 Å². The second kappa shape index (κ2) is 3.25. The molecule has 0 bridgehead atoms. The third-order valence-electron chi connectivity index (χ3n) is 0.783. The molecule has 9 heavy (non-hydrogen) atoms. The summed E-state index contributed by atoms with van der Waals surface area (Å²) in [6, 6.07) is 0. The topological polar surface area (TPSA) is 38.3 Å². The third-order valence-corrected chi connectivity index (χ3v) is 2.35. The Morgan fingerprint density at radius 1 is 1.44 bits per heavy atom. The van der Waals surface area contributed by atoms with Gasteiger partial charge in [0.1, 0.15) is 0 Å². The Balaban J connectivity index is 3.74. The van der Waals surface area contributed by atoms with Crippen molar-refractivity contribution in [1.29, 1.82) is 0 Å². The quantitative estimate of drug-likeness (QED) is 0.480. The fraction of sp³-hybridized carbons (Fsp3) is 1.00. The minimum Gasteiger partial charge on any atom is -0.264 e. The van der Waals surface area contributed by atoms with E-state index in [1.807, 2.05) is 20.8 Å². The zero-order valence-corrected chi connectivity index (χ0v) is 7.16. The predicted octanol–water partition coefficient (Wildman–Crippen LogP) is 1.68. The van der Waals surface area contributed by atoms with Crippen LogP contribution in [-0.2, 0) is 9.40 Å². The highest BCUT2D eigenvalue weighted by Gasteiger charge is 2.34. The normalized spacial score (nSPS) is 13.6. The fourth-order valence-electron chi connectivity index (χ4n) is 0.220. The Morgan fingerprint density at radius 3 is 2.00 bits per heavy atom. The minimum absolute atomic E-state index is 0.217. The summed E-state index contributed by atoms with van der Waals surface area (Å²) in [6.45, 7) is 5.66. The molecule has 1 unspecified atom stereocenters. The summed E-state index contributed by atoms with van der Waals surface area (Å²) >= 11 is 0. The lowest BCUT2D eigenvalue weighted by molar-refractivity contribution is 0.152. The molecule has 0 aliphatic heterocycles. The Hall–Kier alpha value is 0.0200. The van der Waals surface area contributed by atoms with Crippen molar-refractivity contribution in [2.45, 2.75) is 25.9 Å². The standard InChI is InChI=1S/C5H13NO2P/c1-5(2,3)9(7)6-8-4/h1-4H3,(H,6,7)/q+1. The first kappa shape index (κ1) is 9.02. The lowest BCUT2D eigenvalue weighted by Crippen LogP contribution is -2.16. The van der Waals surface area contributed by atoms with Gasteiger partial charge in [-0.2, -0.15) is 0 Å². The van der Waals surface area contributed by atoms with Crippen LogP contribution < -0.4 is 5.25 Å². The Bertz CT molecular complexity index is 108. The number of hydrogen-bond acceptors (Lipinski definition) is 2. The molecule has 1 atom stereocenters. The van der Waals surface area contributed by atoms with Crippen molar-refractivity contribution in [3.63, 3.8) is 0 Å². The van der Waals surface area contributed by atoms with Crippen LogP contribution in [0.4, 0.5) is 0 Å². The molecule has 0 fully saturated rings. The molecule has 4 heteroatoms. The maximum Gasteiger partial charge on any atom is 0.462 e. The monoisotopic (exact) mass is 150 g/mol. The summed E-state index contributed by atoms with van der Waals surface area (Å²) in [4.78, 5) is 4.50. The molecule has 0 amide bonds. The van der Waals surface area contributed by atoms with E-state index in [9.17, 15) is 4.57 Å². The molecule has 0 heterocycles. The molecule has 54 valence electrons. The second-order valence-electron chi connectivity index (χ2n) is 2.76. The smallest absolute Gasteiger partial charge is 0.264 e. The molecule has 3 nitrogen and oxygen atoms in total. The molecule has 0 rings (SSSR count). The van der Waals surface area contributed by atoms with E-state index in [0.717, 1.165) is 0 Å². The molecular weight excluding hydrogens is 137 g/mol. The van der Waals surface area contributed by atoms with Gasteiger partial charge >= 0.3 is 7.95 Å². The van der Waals surface area contributed by atoms with Gasteiger partial charge in [-0.3, -0.25) is 4.84 Å². The van der Waals surface area contributed by atoms with Crippen molar-refractivity contribution in [2.24, 2.45) is 0 Å². The van der Waals surface area contributed by atoms with Crippen molar-refractivity contribution >= 4 is 7.95 Å². The first-order valence-corrected chi connectivity index (χ1v) is 4.00. The van der Waals surface area contributed by atoms with E-state index in [-0.39, 0.29) is 5.16 Å². The van der Waals surface area contributed by atoms with Gasteiger partial charge in [-0.25, -0.2) is 0 Å². The van der Waals surface area contributed by atoms with Crippen molar-refractivity contribution in [3.05, 3.63) is 0 Å². The van der Waals surface area contributed by atoms with Crippen LogP contribution in [0.1, 0.15) is 20.8 Å². The highest BCUT2D eigenvalue weighted by Crippen LogP contribution is 2.33. The zero-order chi connectivity index (χ0) is 7.49. The SMILES string of the molecule is CON[P+](=O)C(C)(C)C. The minimum atomic E-state index is -1.44. The van der Waals surface area contributed by atoms with Gasteiger partial charge in [0.25, 0.3) is 0 Å². The zero-order valence-electron chi connectivity index (χ0n) is 6.26. The molecule has 0 aromatic rings. The molecule has 1 N–H and O–H groups in total. The molecule has 0 saturated carbocycles. The average Bonchev–Trinajstić information content (AvgIpc) is 1.64. The van der Waals surface area contributed by atoms with E-state index in [1.54, 1.807) is 0 Å². The van der Waals surface area contributed by atoms with Crippen LogP contribution in [0.15, 0.2) is 0 Å². The molecule has 0 aliphatic carbocycles. The van der Waals surface area contributed by atoms with Crippen LogP contribution in [0.5, 0.6) is 0 Å². The second-order valence-corrected chi connectivity index (χ2v) is 4.87. The van der Waals surface area contributed by atoms with Crippen molar-refractivity contribution in [1.82, 2.24) is 5.25 Å². The highest BCUT2D eigenvalue weighted by molar-refractivity contribution is 7.44. The summed E-state index contributed by atoms with van der Waals surface area (Å²) in [5.41, 5.74) is 0. The molecular formula is C5H13NO2P+. The van der Waals surface area contributed by atoms with Gasteiger partial charge in [-0.1, -0.05) is 0 Å². The van der Waals surface area contributed by atoms with Crippen LogP contribution in [0.3, 0.4) is 0 Å². The average molecular weight is 150 g/mol.